The van der Waals surface area contributed by atoms with Crippen molar-refractivity contribution in [1.29, 1.82) is 0 Å². The molecule has 0 amide bonds. The highest BCUT2D eigenvalue weighted by Gasteiger charge is 2.11. The van der Waals surface area contributed by atoms with Gasteiger partial charge < -0.3 is 5.32 Å². The Labute approximate surface area is 122 Å². The van der Waals surface area contributed by atoms with Crippen LogP contribution in [0.4, 0.5) is 0 Å². The predicted molar refractivity (Wildman–Crippen MR) is 83.0 cm³/mol. The van der Waals surface area contributed by atoms with Gasteiger partial charge in [0.25, 0.3) is 0 Å². The van der Waals surface area contributed by atoms with Crippen LogP contribution in [0.1, 0.15) is 58.1 Å². The summed E-state index contributed by atoms with van der Waals surface area (Å²) in [6.07, 6.45) is 4.90. The Morgan fingerprint density at radius 1 is 1.15 bits per heavy atom. The molecule has 0 radical (unpaired) electrons. The van der Waals surface area contributed by atoms with Gasteiger partial charge in [0.05, 0.1) is 4.90 Å². The van der Waals surface area contributed by atoms with Gasteiger partial charge in [0.15, 0.2) is 0 Å². The molecule has 0 spiro atoms. The van der Waals surface area contributed by atoms with Crippen molar-refractivity contribution in [2.24, 2.45) is 5.14 Å². The van der Waals surface area contributed by atoms with E-state index in [1.807, 2.05) is 12.1 Å². The lowest BCUT2D eigenvalue weighted by atomic mass is 10.1. The second-order valence-corrected chi connectivity index (χ2v) is 6.96. The molecule has 0 aliphatic heterocycles. The average molecular weight is 298 g/mol. The Morgan fingerprint density at radius 3 is 2.25 bits per heavy atom. The third kappa shape index (κ3) is 5.61. The van der Waals surface area contributed by atoms with Crippen molar-refractivity contribution in [3.05, 3.63) is 29.8 Å². The predicted octanol–water partition coefficient (Wildman–Crippen LogP) is 2.95. The summed E-state index contributed by atoms with van der Waals surface area (Å²) in [4.78, 5) is 0.157. The number of hydrogen-bond donors (Lipinski definition) is 2. The van der Waals surface area contributed by atoms with Gasteiger partial charge in [-0.2, -0.15) is 0 Å². The highest BCUT2D eigenvalue weighted by atomic mass is 32.2. The van der Waals surface area contributed by atoms with Crippen molar-refractivity contribution in [3.8, 4) is 0 Å². The Hall–Kier alpha value is -0.910. The van der Waals surface area contributed by atoms with Crippen molar-refractivity contribution in [1.82, 2.24) is 5.32 Å². The standard InChI is InChI=1S/C15H26N2O2S/c1-4-5-6-7-12(2)17-13(3)14-8-10-15(11-9-14)20(16,18)19/h8-13,17H,4-7H2,1-3H3,(H2,16,18,19). The lowest BCUT2D eigenvalue weighted by Crippen LogP contribution is -2.28. The number of unbranched alkanes of at least 4 members (excludes halogenated alkanes) is 2. The lowest BCUT2D eigenvalue weighted by molar-refractivity contribution is 0.440. The Morgan fingerprint density at radius 2 is 1.75 bits per heavy atom. The maximum Gasteiger partial charge on any atom is 0.238 e. The summed E-state index contributed by atoms with van der Waals surface area (Å²) in [5.74, 6) is 0. The number of primary sulfonamides is 1. The molecule has 1 aromatic rings. The van der Waals surface area contributed by atoms with Crippen molar-refractivity contribution >= 4 is 10.0 Å². The van der Waals surface area contributed by atoms with Crippen molar-refractivity contribution in [2.75, 3.05) is 0 Å². The van der Waals surface area contributed by atoms with Crippen LogP contribution in [0.5, 0.6) is 0 Å². The molecule has 114 valence electrons. The van der Waals surface area contributed by atoms with E-state index in [9.17, 15) is 8.42 Å². The monoisotopic (exact) mass is 298 g/mol. The first kappa shape index (κ1) is 17.1. The van der Waals surface area contributed by atoms with Gasteiger partial charge in [0, 0.05) is 12.1 Å². The van der Waals surface area contributed by atoms with E-state index in [1.165, 1.54) is 19.3 Å². The minimum Gasteiger partial charge on any atom is -0.308 e. The minimum absolute atomic E-state index is 0.157. The second-order valence-electron chi connectivity index (χ2n) is 5.40. The summed E-state index contributed by atoms with van der Waals surface area (Å²) in [7, 11) is -3.60. The number of rotatable bonds is 8. The molecule has 0 fully saturated rings. The summed E-state index contributed by atoms with van der Waals surface area (Å²) in [6.45, 7) is 6.47. The topological polar surface area (TPSA) is 72.2 Å². The van der Waals surface area contributed by atoms with E-state index in [0.29, 0.717) is 6.04 Å². The molecule has 0 aromatic heterocycles. The molecule has 1 rings (SSSR count). The van der Waals surface area contributed by atoms with Gasteiger partial charge in [-0.25, -0.2) is 13.6 Å². The van der Waals surface area contributed by atoms with Crippen LogP contribution in [0.25, 0.3) is 0 Å². The van der Waals surface area contributed by atoms with Crippen LogP contribution in [-0.4, -0.2) is 14.5 Å². The molecule has 2 unspecified atom stereocenters. The summed E-state index contributed by atoms with van der Waals surface area (Å²) < 4.78 is 22.4. The Bertz CT molecular complexity index is 497. The maximum absolute atomic E-state index is 11.2. The molecule has 0 saturated carbocycles. The van der Waals surface area contributed by atoms with Crippen LogP contribution < -0.4 is 10.5 Å². The third-order valence-corrected chi connectivity index (χ3v) is 4.41. The maximum atomic E-state index is 11.2. The van der Waals surface area contributed by atoms with Gasteiger partial charge in [-0.15, -0.1) is 0 Å². The fourth-order valence-corrected chi connectivity index (χ4v) is 2.77. The second kappa shape index (κ2) is 7.76. The van der Waals surface area contributed by atoms with Crippen LogP contribution in [0, 0.1) is 0 Å². The van der Waals surface area contributed by atoms with Gasteiger partial charge in [-0.1, -0.05) is 38.3 Å². The van der Waals surface area contributed by atoms with Gasteiger partial charge >= 0.3 is 0 Å². The summed E-state index contributed by atoms with van der Waals surface area (Å²) >= 11 is 0. The Balaban J connectivity index is 2.57. The molecule has 20 heavy (non-hydrogen) atoms. The molecule has 2 atom stereocenters. The molecule has 1 aromatic carbocycles. The number of nitrogens with two attached hydrogens (primary N) is 1. The van der Waals surface area contributed by atoms with Crippen molar-refractivity contribution in [2.45, 2.75) is 63.4 Å². The molecule has 0 bridgehead atoms. The highest BCUT2D eigenvalue weighted by molar-refractivity contribution is 7.89. The van der Waals surface area contributed by atoms with Crippen LogP contribution in [0.3, 0.4) is 0 Å². The Kier molecular flexibility index (Phi) is 6.65. The largest absolute Gasteiger partial charge is 0.308 e. The van der Waals surface area contributed by atoms with E-state index in [-0.39, 0.29) is 10.9 Å². The quantitative estimate of drug-likeness (QED) is 0.725. The molecule has 4 nitrogen and oxygen atoms in total. The van der Waals surface area contributed by atoms with Gasteiger partial charge in [0.2, 0.25) is 10.0 Å². The van der Waals surface area contributed by atoms with Gasteiger partial charge in [-0.05, 0) is 38.0 Å². The molecule has 0 saturated heterocycles. The van der Waals surface area contributed by atoms with Crippen molar-refractivity contribution < 1.29 is 8.42 Å². The molecule has 3 N–H and O–H groups in total. The molecular weight excluding hydrogens is 272 g/mol. The van der Waals surface area contributed by atoms with Crippen LogP contribution in [0.2, 0.25) is 0 Å². The molecule has 0 aliphatic carbocycles. The smallest absolute Gasteiger partial charge is 0.238 e. The number of nitrogens with one attached hydrogen (secondary N) is 1. The average Bonchev–Trinajstić information content (AvgIpc) is 2.38. The van der Waals surface area contributed by atoms with Crippen LogP contribution in [0.15, 0.2) is 29.2 Å². The van der Waals surface area contributed by atoms with Crippen LogP contribution in [-0.2, 0) is 10.0 Å². The molecule has 0 heterocycles. The van der Waals surface area contributed by atoms with E-state index in [4.69, 9.17) is 5.14 Å². The SMILES string of the molecule is CCCCCC(C)NC(C)c1ccc(S(N)(=O)=O)cc1. The zero-order chi connectivity index (χ0) is 15.2. The molecule has 0 aliphatic rings. The number of sulfonamides is 1. The lowest BCUT2D eigenvalue weighted by Gasteiger charge is -2.20. The zero-order valence-electron chi connectivity index (χ0n) is 12.6. The fourth-order valence-electron chi connectivity index (χ4n) is 2.25. The summed E-state index contributed by atoms with van der Waals surface area (Å²) in [5, 5.41) is 8.62. The van der Waals surface area contributed by atoms with E-state index in [2.05, 4.69) is 26.1 Å². The van der Waals surface area contributed by atoms with Gasteiger partial charge in [-0.3, -0.25) is 0 Å². The molecular formula is C15H26N2O2S. The van der Waals surface area contributed by atoms with Crippen LogP contribution >= 0.6 is 0 Å². The first-order valence-electron chi connectivity index (χ1n) is 7.23. The van der Waals surface area contributed by atoms with E-state index < -0.39 is 10.0 Å². The van der Waals surface area contributed by atoms with Crippen molar-refractivity contribution in [3.63, 3.8) is 0 Å². The van der Waals surface area contributed by atoms with Gasteiger partial charge in [0.1, 0.15) is 0 Å². The molecule has 5 heteroatoms. The van der Waals surface area contributed by atoms with E-state index >= 15 is 0 Å². The normalized spacial score (nSPS) is 15.0. The highest BCUT2D eigenvalue weighted by Crippen LogP contribution is 2.17. The summed E-state index contributed by atoms with van der Waals surface area (Å²) in [5.41, 5.74) is 1.07. The minimum atomic E-state index is -3.60. The first-order valence-corrected chi connectivity index (χ1v) is 8.78. The zero-order valence-corrected chi connectivity index (χ0v) is 13.4. The first-order chi connectivity index (χ1) is 9.34. The fraction of sp³-hybridized carbons (Fsp3) is 0.600. The number of benzene rings is 1. The summed E-state index contributed by atoms with van der Waals surface area (Å²) in [6, 6.07) is 7.40. The number of hydrogen-bond acceptors (Lipinski definition) is 3. The van der Waals surface area contributed by atoms with E-state index in [1.54, 1.807) is 12.1 Å². The van der Waals surface area contributed by atoms with E-state index in [0.717, 1.165) is 12.0 Å². The third-order valence-electron chi connectivity index (χ3n) is 3.48.